The molecule has 0 unspecified atom stereocenters. The topological polar surface area (TPSA) is 67.2 Å². The van der Waals surface area contributed by atoms with Gasteiger partial charge in [-0.25, -0.2) is 4.98 Å². The van der Waals surface area contributed by atoms with E-state index in [-0.39, 0.29) is 18.2 Å². The highest BCUT2D eigenvalue weighted by Gasteiger charge is 2.32. The fourth-order valence-corrected chi connectivity index (χ4v) is 4.44. The van der Waals surface area contributed by atoms with Crippen molar-refractivity contribution in [1.82, 2.24) is 19.8 Å². The summed E-state index contributed by atoms with van der Waals surface area (Å²) in [5, 5.41) is 4.83. The number of aromatic nitrogens is 2. The Kier molecular flexibility index (Phi) is 6.59. The number of amides is 2. The van der Waals surface area contributed by atoms with E-state index in [1.54, 1.807) is 23.9 Å². The molecule has 136 valence electrons. The van der Waals surface area contributed by atoms with Gasteiger partial charge in [-0.05, 0) is 23.9 Å². The summed E-state index contributed by atoms with van der Waals surface area (Å²) in [6, 6.07) is 3.89. The molecule has 0 saturated carbocycles. The molecule has 3 heterocycles. The van der Waals surface area contributed by atoms with E-state index in [0.29, 0.717) is 22.3 Å². The number of nitrogens with one attached hydrogen (secondary N) is 1. The lowest BCUT2D eigenvalue weighted by Gasteiger charge is -2.14. The van der Waals surface area contributed by atoms with Crippen molar-refractivity contribution in [1.29, 1.82) is 0 Å². The highest BCUT2D eigenvalue weighted by atomic mass is 32.2. The van der Waals surface area contributed by atoms with Gasteiger partial charge in [0.15, 0.2) is 0 Å². The molecule has 1 aliphatic rings. The first-order valence-electron chi connectivity index (χ1n) is 8.15. The lowest BCUT2D eigenvalue weighted by molar-refractivity contribution is -0.123. The molecule has 6 nitrogen and oxygen atoms in total. The number of hydrogen-bond acceptors (Lipinski definition) is 6. The highest BCUT2D eigenvalue weighted by molar-refractivity contribution is 8.26. The van der Waals surface area contributed by atoms with Crippen molar-refractivity contribution >= 4 is 57.5 Å². The average molecular weight is 407 g/mol. The number of aryl methyl sites for hydroxylation is 1. The third kappa shape index (κ3) is 5.03. The third-order valence-electron chi connectivity index (χ3n) is 3.73. The minimum absolute atomic E-state index is 0.0769. The molecule has 26 heavy (non-hydrogen) atoms. The Morgan fingerprint density at radius 3 is 3.00 bits per heavy atom. The monoisotopic (exact) mass is 406 g/mol. The number of nitrogens with zero attached hydrogens (tertiary/aromatic N) is 3. The molecular formula is C17H18N4O2S3. The smallest absolute Gasteiger partial charge is 0.266 e. The number of imidazole rings is 1. The number of thiocarbonyl (C=S) groups is 1. The van der Waals surface area contributed by atoms with E-state index in [1.807, 2.05) is 34.4 Å². The van der Waals surface area contributed by atoms with Crippen LogP contribution >= 0.6 is 35.3 Å². The van der Waals surface area contributed by atoms with Gasteiger partial charge in [-0.15, -0.1) is 11.3 Å². The van der Waals surface area contributed by atoms with E-state index in [2.05, 4.69) is 10.3 Å². The molecule has 1 N–H and O–H groups in total. The number of hydrogen-bond donors (Lipinski definition) is 1. The molecule has 3 rings (SSSR count). The van der Waals surface area contributed by atoms with Crippen molar-refractivity contribution in [2.75, 3.05) is 13.1 Å². The predicted octanol–water partition coefficient (Wildman–Crippen LogP) is 2.74. The highest BCUT2D eigenvalue weighted by Crippen LogP contribution is 2.33. The summed E-state index contributed by atoms with van der Waals surface area (Å²) < 4.78 is 2.47. The second-order valence-electron chi connectivity index (χ2n) is 5.60. The van der Waals surface area contributed by atoms with Crippen molar-refractivity contribution < 1.29 is 9.59 Å². The van der Waals surface area contributed by atoms with Crippen LogP contribution in [-0.2, 0) is 16.1 Å². The van der Waals surface area contributed by atoms with E-state index in [9.17, 15) is 9.59 Å². The van der Waals surface area contributed by atoms with E-state index in [0.717, 1.165) is 17.8 Å². The number of carbonyl (C=O) groups is 2. The number of carbonyl (C=O) groups excluding carboxylic acids is 2. The third-order valence-corrected chi connectivity index (χ3v) is 5.92. The SMILES string of the molecule is O=C(CCN1C(=O)/C(=C/c2cccs2)SC1=S)NCCCn1ccnc1. The van der Waals surface area contributed by atoms with Gasteiger partial charge in [0.2, 0.25) is 5.91 Å². The molecule has 0 spiro atoms. The predicted molar refractivity (Wildman–Crippen MR) is 109 cm³/mol. The first kappa shape index (κ1) is 18.8. The molecule has 2 aromatic rings. The fourth-order valence-electron chi connectivity index (χ4n) is 2.41. The van der Waals surface area contributed by atoms with Crippen LogP contribution in [0.5, 0.6) is 0 Å². The summed E-state index contributed by atoms with van der Waals surface area (Å²) in [7, 11) is 0. The fraction of sp³-hybridized carbons (Fsp3) is 0.294. The van der Waals surface area contributed by atoms with Crippen LogP contribution in [0.1, 0.15) is 17.7 Å². The van der Waals surface area contributed by atoms with Gasteiger partial charge >= 0.3 is 0 Å². The van der Waals surface area contributed by atoms with Crippen LogP contribution in [-0.4, -0.2) is 43.7 Å². The van der Waals surface area contributed by atoms with Gasteiger partial charge in [-0.2, -0.15) is 0 Å². The summed E-state index contributed by atoms with van der Waals surface area (Å²) in [4.78, 5) is 31.5. The van der Waals surface area contributed by atoms with Crippen LogP contribution in [0.25, 0.3) is 6.08 Å². The molecule has 0 aromatic carbocycles. The van der Waals surface area contributed by atoms with E-state index < -0.39 is 0 Å². The minimum atomic E-state index is -0.124. The van der Waals surface area contributed by atoms with Gasteiger partial charge in [-0.1, -0.05) is 30.0 Å². The molecule has 0 atom stereocenters. The Bertz CT molecular complexity index is 800. The zero-order chi connectivity index (χ0) is 18.4. The molecule has 2 aromatic heterocycles. The normalized spacial score (nSPS) is 15.8. The Labute approximate surface area is 165 Å². The Hall–Kier alpha value is -1.97. The largest absolute Gasteiger partial charge is 0.356 e. The van der Waals surface area contributed by atoms with Gasteiger partial charge < -0.3 is 9.88 Å². The Morgan fingerprint density at radius 2 is 2.27 bits per heavy atom. The van der Waals surface area contributed by atoms with Crippen molar-refractivity contribution in [2.45, 2.75) is 19.4 Å². The molecule has 0 radical (unpaired) electrons. The van der Waals surface area contributed by atoms with Gasteiger partial charge in [0.25, 0.3) is 5.91 Å². The van der Waals surface area contributed by atoms with Gasteiger partial charge in [0, 0.05) is 43.3 Å². The van der Waals surface area contributed by atoms with Crippen molar-refractivity contribution in [3.8, 4) is 0 Å². The van der Waals surface area contributed by atoms with E-state index in [4.69, 9.17) is 12.2 Å². The van der Waals surface area contributed by atoms with Crippen LogP contribution in [0.3, 0.4) is 0 Å². The van der Waals surface area contributed by atoms with Crippen LogP contribution in [0.2, 0.25) is 0 Å². The van der Waals surface area contributed by atoms with Crippen LogP contribution in [0, 0.1) is 0 Å². The van der Waals surface area contributed by atoms with Crippen molar-refractivity contribution in [3.05, 3.63) is 46.0 Å². The van der Waals surface area contributed by atoms with Gasteiger partial charge in [0.05, 0.1) is 11.2 Å². The molecule has 1 aliphatic heterocycles. The maximum atomic E-state index is 12.5. The minimum Gasteiger partial charge on any atom is -0.356 e. The van der Waals surface area contributed by atoms with Crippen LogP contribution in [0.4, 0.5) is 0 Å². The van der Waals surface area contributed by atoms with Crippen LogP contribution in [0.15, 0.2) is 41.1 Å². The lowest BCUT2D eigenvalue weighted by Crippen LogP contribution is -2.33. The van der Waals surface area contributed by atoms with Gasteiger partial charge in [0.1, 0.15) is 4.32 Å². The maximum absolute atomic E-state index is 12.5. The zero-order valence-electron chi connectivity index (χ0n) is 14.0. The molecule has 2 amide bonds. The zero-order valence-corrected chi connectivity index (χ0v) is 16.4. The van der Waals surface area contributed by atoms with Crippen molar-refractivity contribution in [2.24, 2.45) is 0 Å². The second-order valence-corrected chi connectivity index (χ2v) is 8.26. The first-order chi connectivity index (χ1) is 12.6. The van der Waals surface area contributed by atoms with Crippen molar-refractivity contribution in [3.63, 3.8) is 0 Å². The van der Waals surface area contributed by atoms with Gasteiger partial charge in [-0.3, -0.25) is 14.5 Å². The molecular weight excluding hydrogens is 388 g/mol. The molecule has 0 bridgehead atoms. The number of thioether (sulfide) groups is 1. The summed E-state index contributed by atoms with van der Waals surface area (Å²) in [6.45, 7) is 1.70. The lowest BCUT2D eigenvalue weighted by atomic mass is 10.3. The summed E-state index contributed by atoms with van der Waals surface area (Å²) in [6.07, 6.45) is 8.28. The number of thiophene rings is 1. The summed E-state index contributed by atoms with van der Waals surface area (Å²) >= 11 is 8.14. The molecule has 9 heteroatoms. The van der Waals surface area contributed by atoms with E-state index >= 15 is 0 Å². The Morgan fingerprint density at radius 1 is 1.38 bits per heavy atom. The molecule has 1 saturated heterocycles. The van der Waals surface area contributed by atoms with Crippen LogP contribution < -0.4 is 5.32 Å². The maximum Gasteiger partial charge on any atom is 0.266 e. The molecule has 0 aliphatic carbocycles. The Balaban J connectivity index is 1.41. The standard InChI is InChI=1S/C17H18N4O2S3/c22-15(19-5-2-7-20-9-6-18-12-20)4-8-21-16(23)14(26-17(21)24)11-13-3-1-10-25-13/h1,3,6,9-12H,2,4-5,7-8H2,(H,19,22)/b14-11-. The van der Waals surface area contributed by atoms with E-state index in [1.165, 1.54) is 16.7 Å². The summed E-state index contributed by atoms with van der Waals surface area (Å²) in [5.74, 6) is -0.201. The average Bonchev–Trinajstić information content (AvgIpc) is 3.35. The molecule has 1 fully saturated rings. The summed E-state index contributed by atoms with van der Waals surface area (Å²) in [5.41, 5.74) is 0. The second kappa shape index (κ2) is 9.11. The number of rotatable bonds is 8. The first-order valence-corrected chi connectivity index (χ1v) is 10.3. The quantitative estimate of drug-likeness (QED) is 0.415.